The first-order valence-electron chi connectivity index (χ1n) is 12.1. The summed E-state index contributed by atoms with van der Waals surface area (Å²) in [5, 5.41) is 3.03. The second-order valence-corrected chi connectivity index (χ2v) is 11.6. The van der Waals surface area contributed by atoms with Crippen LogP contribution in [0.1, 0.15) is 25.0 Å². The van der Waals surface area contributed by atoms with Crippen molar-refractivity contribution in [1.82, 2.24) is 10.2 Å². The summed E-state index contributed by atoms with van der Waals surface area (Å²) in [6, 6.07) is 20.0. The standard InChI is InChI=1S/C28H31ClFN3O4S/c1-20(2)31-28(35)26(17-21-9-5-4-6-10-21)32(18-22-13-15-23(30)16-14-22)27(34)19-33(38(3,36)37)25-12-8-7-11-24(25)29/h4-16,20,26H,17-19H2,1-3H3,(H,31,35)/t26-/m0/s1. The highest BCUT2D eigenvalue weighted by atomic mass is 35.5. The number of carbonyl (C=O) groups is 2. The summed E-state index contributed by atoms with van der Waals surface area (Å²) in [6.07, 6.45) is 1.18. The monoisotopic (exact) mass is 559 g/mol. The Morgan fingerprint density at radius 2 is 1.53 bits per heavy atom. The number of anilines is 1. The number of sulfonamides is 1. The average molecular weight is 560 g/mol. The number of halogens is 2. The Hall–Kier alpha value is -3.43. The first-order chi connectivity index (χ1) is 18.0. The number of nitrogens with zero attached hydrogens (tertiary/aromatic N) is 2. The van der Waals surface area contributed by atoms with Crippen LogP contribution in [0.25, 0.3) is 0 Å². The minimum atomic E-state index is -3.92. The van der Waals surface area contributed by atoms with Gasteiger partial charge >= 0.3 is 0 Å². The summed E-state index contributed by atoms with van der Waals surface area (Å²) in [5.74, 6) is -1.44. The van der Waals surface area contributed by atoms with Gasteiger partial charge in [-0.05, 0) is 49.2 Å². The molecule has 0 aliphatic carbocycles. The molecule has 0 aliphatic heterocycles. The number of hydrogen-bond donors (Lipinski definition) is 1. The molecule has 0 heterocycles. The molecule has 2 amide bonds. The number of para-hydroxylation sites is 1. The lowest BCUT2D eigenvalue weighted by Crippen LogP contribution is -2.54. The van der Waals surface area contributed by atoms with Crippen molar-refractivity contribution in [2.75, 3.05) is 17.1 Å². The van der Waals surface area contributed by atoms with Gasteiger partial charge in [-0.15, -0.1) is 0 Å². The van der Waals surface area contributed by atoms with Crippen molar-refractivity contribution in [1.29, 1.82) is 0 Å². The van der Waals surface area contributed by atoms with Crippen molar-refractivity contribution in [3.05, 3.63) is 101 Å². The van der Waals surface area contributed by atoms with Crippen LogP contribution >= 0.6 is 11.6 Å². The number of hydrogen-bond acceptors (Lipinski definition) is 4. The molecule has 0 fully saturated rings. The summed E-state index contributed by atoms with van der Waals surface area (Å²) < 4.78 is 40.0. The number of benzene rings is 3. The van der Waals surface area contributed by atoms with Gasteiger partial charge in [-0.25, -0.2) is 12.8 Å². The van der Waals surface area contributed by atoms with Crippen LogP contribution < -0.4 is 9.62 Å². The molecule has 0 aliphatic rings. The number of rotatable bonds is 11. The van der Waals surface area contributed by atoms with Gasteiger partial charge in [-0.2, -0.15) is 0 Å². The Kier molecular flexibility index (Phi) is 9.88. The maximum atomic E-state index is 13.9. The van der Waals surface area contributed by atoms with Crippen molar-refractivity contribution in [2.45, 2.75) is 38.9 Å². The second-order valence-electron chi connectivity index (χ2n) is 9.24. The van der Waals surface area contributed by atoms with E-state index in [1.54, 1.807) is 12.1 Å². The molecule has 0 saturated carbocycles. The maximum absolute atomic E-state index is 13.9. The van der Waals surface area contributed by atoms with E-state index in [0.29, 0.717) is 5.56 Å². The van der Waals surface area contributed by atoms with Crippen LogP contribution in [0.15, 0.2) is 78.9 Å². The summed E-state index contributed by atoms with van der Waals surface area (Å²) in [4.78, 5) is 28.7. The molecule has 202 valence electrons. The number of amides is 2. The summed E-state index contributed by atoms with van der Waals surface area (Å²) >= 11 is 6.28. The SMILES string of the molecule is CC(C)NC(=O)[C@H](Cc1ccccc1)N(Cc1ccc(F)cc1)C(=O)CN(c1ccccc1Cl)S(C)(=O)=O. The van der Waals surface area contributed by atoms with Crippen molar-refractivity contribution in [2.24, 2.45) is 0 Å². The molecule has 0 saturated heterocycles. The fourth-order valence-electron chi connectivity index (χ4n) is 3.97. The lowest BCUT2D eigenvalue weighted by Gasteiger charge is -2.34. The van der Waals surface area contributed by atoms with E-state index < -0.39 is 34.3 Å². The molecule has 7 nitrogen and oxygen atoms in total. The molecule has 3 rings (SSSR count). The molecule has 3 aromatic carbocycles. The van der Waals surface area contributed by atoms with E-state index in [1.807, 2.05) is 44.2 Å². The van der Waals surface area contributed by atoms with Crippen LogP contribution in [0.3, 0.4) is 0 Å². The molecule has 1 atom stereocenters. The van der Waals surface area contributed by atoms with E-state index in [9.17, 15) is 22.4 Å². The Balaban J connectivity index is 2.06. The van der Waals surface area contributed by atoms with Crippen LogP contribution in [0.2, 0.25) is 5.02 Å². The minimum Gasteiger partial charge on any atom is -0.352 e. The predicted octanol–water partition coefficient (Wildman–Crippen LogP) is 4.41. The third kappa shape index (κ3) is 8.03. The van der Waals surface area contributed by atoms with Crippen molar-refractivity contribution < 1.29 is 22.4 Å². The third-order valence-electron chi connectivity index (χ3n) is 5.77. The van der Waals surface area contributed by atoms with Gasteiger partial charge in [-0.3, -0.25) is 13.9 Å². The van der Waals surface area contributed by atoms with Gasteiger partial charge in [0, 0.05) is 19.0 Å². The predicted molar refractivity (Wildman–Crippen MR) is 148 cm³/mol. The molecule has 10 heteroatoms. The van der Waals surface area contributed by atoms with Crippen molar-refractivity contribution in [3.8, 4) is 0 Å². The van der Waals surface area contributed by atoms with Crippen LogP contribution in [0.4, 0.5) is 10.1 Å². The smallest absolute Gasteiger partial charge is 0.244 e. The Labute approximate surface area is 228 Å². The normalized spacial score (nSPS) is 12.2. The molecule has 0 radical (unpaired) electrons. The van der Waals surface area contributed by atoms with Crippen molar-refractivity contribution >= 4 is 39.1 Å². The molecule has 0 unspecified atom stereocenters. The van der Waals surface area contributed by atoms with E-state index in [1.165, 1.54) is 41.3 Å². The lowest BCUT2D eigenvalue weighted by molar-refractivity contribution is -0.140. The molecular weight excluding hydrogens is 529 g/mol. The van der Waals surface area contributed by atoms with E-state index in [4.69, 9.17) is 11.6 Å². The van der Waals surface area contributed by atoms with Crippen molar-refractivity contribution in [3.63, 3.8) is 0 Å². The van der Waals surface area contributed by atoms with Crippen LogP contribution in [-0.2, 0) is 32.6 Å². The molecular formula is C28H31ClFN3O4S. The highest BCUT2D eigenvalue weighted by Gasteiger charge is 2.33. The van der Waals surface area contributed by atoms with Gasteiger partial charge in [0.05, 0.1) is 17.0 Å². The first kappa shape index (κ1) is 29.1. The Bertz CT molecular complexity index is 1350. The fraction of sp³-hybridized carbons (Fsp3) is 0.286. The third-order valence-corrected chi connectivity index (χ3v) is 7.21. The fourth-order valence-corrected chi connectivity index (χ4v) is 5.12. The molecule has 0 aromatic heterocycles. The summed E-state index contributed by atoms with van der Waals surface area (Å²) in [6.45, 7) is 3.01. The van der Waals surface area contributed by atoms with E-state index in [0.717, 1.165) is 16.1 Å². The van der Waals surface area contributed by atoms with Gasteiger partial charge in [0.1, 0.15) is 18.4 Å². The molecule has 0 spiro atoms. The minimum absolute atomic E-state index is 0.0394. The summed E-state index contributed by atoms with van der Waals surface area (Å²) in [7, 11) is -3.92. The van der Waals surface area contributed by atoms with Gasteiger partial charge in [0.2, 0.25) is 21.8 Å². The quantitative estimate of drug-likeness (QED) is 0.377. The Morgan fingerprint density at radius 1 is 0.921 bits per heavy atom. The second kappa shape index (κ2) is 12.9. The topological polar surface area (TPSA) is 86.8 Å². The van der Waals surface area contributed by atoms with E-state index in [-0.39, 0.29) is 35.6 Å². The van der Waals surface area contributed by atoms with Crippen LogP contribution in [0, 0.1) is 5.82 Å². The highest BCUT2D eigenvalue weighted by molar-refractivity contribution is 7.92. The maximum Gasteiger partial charge on any atom is 0.244 e. The van der Waals surface area contributed by atoms with Gasteiger partial charge < -0.3 is 10.2 Å². The molecule has 3 aromatic rings. The van der Waals surface area contributed by atoms with E-state index in [2.05, 4.69) is 5.32 Å². The summed E-state index contributed by atoms with van der Waals surface area (Å²) in [5.41, 5.74) is 1.55. The molecule has 0 bridgehead atoms. The van der Waals surface area contributed by atoms with Gasteiger partial charge in [0.15, 0.2) is 0 Å². The lowest BCUT2D eigenvalue weighted by atomic mass is 10.0. The highest BCUT2D eigenvalue weighted by Crippen LogP contribution is 2.27. The largest absolute Gasteiger partial charge is 0.352 e. The van der Waals surface area contributed by atoms with Crippen LogP contribution in [-0.4, -0.2) is 50.0 Å². The number of nitrogens with one attached hydrogen (secondary N) is 1. The van der Waals surface area contributed by atoms with Gasteiger partial charge in [-0.1, -0.05) is 66.2 Å². The zero-order chi connectivity index (χ0) is 27.9. The zero-order valence-electron chi connectivity index (χ0n) is 21.5. The van der Waals surface area contributed by atoms with Crippen LogP contribution in [0.5, 0.6) is 0 Å². The molecule has 1 N–H and O–H groups in total. The molecule has 38 heavy (non-hydrogen) atoms. The number of carbonyl (C=O) groups excluding carboxylic acids is 2. The first-order valence-corrected chi connectivity index (χ1v) is 14.3. The Morgan fingerprint density at radius 3 is 2.11 bits per heavy atom. The average Bonchev–Trinajstić information content (AvgIpc) is 2.85. The van der Waals surface area contributed by atoms with E-state index >= 15 is 0 Å². The zero-order valence-corrected chi connectivity index (χ0v) is 23.0. The van der Waals surface area contributed by atoms with Gasteiger partial charge in [0.25, 0.3) is 0 Å².